The molecule has 0 atom stereocenters. The van der Waals surface area contributed by atoms with Crippen LogP contribution in [0.15, 0.2) is 78.2 Å². The van der Waals surface area contributed by atoms with Crippen molar-refractivity contribution >= 4 is 57.0 Å². The van der Waals surface area contributed by atoms with Crippen molar-refractivity contribution in [1.82, 2.24) is 0 Å². The molecular formula is C40H44N2O2S2. The van der Waals surface area contributed by atoms with E-state index in [-0.39, 0.29) is 11.8 Å². The van der Waals surface area contributed by atoms with E-state index in [9.17, 15) is 9.59 Å². The molecule has 2 aromatic carbocycles. The van der Waals surface area contributed by atoms with E-state index >= 15 is 0 Å². The fourth-order valence-electron chi connectivity index (χ4n) is 6.62. The topological polar surface area (TPSA) is 40.6 Å². The van der Waals surface area contributed by atoms with Crippen LogP contribution in [0.2, 0.25) is 0 Å². The molecule has 6 heteroatoms. The molecule has 1 aliphatic carbocycles. The number of carbonyl (C=O) groups is 2. The van der Waals surface area contributed by atoms with Gasteiger partial charge >= 0.3 is 0 Å². The Morgan fingerprint density at radius 3 is 1.67 bits per heavy atom. The molecule has 238 valence electrons. The molecule has 0 saturated heterocycles. The number of likely N-dealkylation sites (N-methyl/N-ethyl adjacent to an activating group) is 2. The van der Waals surface area contributed by atoms with Gasteiger partial charge in [-0.25, -0.2) is 0 Å². The van der Waals surface area contributed by atoms with Gasteiger partial charge in [-0.2, -0.15) is 0 Å². The molecule has 0 unspecified atom stereocenters. The zero-order chi connectivity index (χ0) is 33.3. The maximum Gasteiger partial charge on any atom is 0.253 e. The number of nitrogens with zero attached hydrogens (tertiary/aromatic N) is 2. The second-order valence-corrected chi connectivity index (χ2v) is 14.3. The van der Waals surface area contributed by atoms with Crippen molar-refractivity contribution in [3.63, 3.8) is 0 Å². The van der Waals surface area contributed by atoms with Gasteiger partial charge in [0.05, 0.1) is 0 Å². The van der Waals surface area contributed by atoms with Crippen LogP contribution in [0.4, 0.5) is 11.4 Å². The molecule has 0 N–H and O–H groups in total. The number of carbonyl (C=O) groups excluding carboxylic acids is 2. The fourth-order valence-corrected chi connectivity index (χ4v) is 8.93. The molecule has 4 aromatic rings. The molecule has 2 heterocycles. The third-order valence-electron chi connectivity index (χ3n) is 8.94. The molecule has 4 nitrogen and oxygen atoms in total. The Kier molecular flexibility index (Phi) is 9.99. The van der Waals surface area contributed by atoms with E-state index in [1.165, 1.54) is 59.2 Å². The highest BCUT2D eigenvalue weighted by Crippen LogP contribution is 2.49. The first-order valence-corrected chi connectivity index (χ1v) is 17.7. The summed E-state index contributed by atoms with van der Waals surface area (Å²) in [6.07, 6.45) is 3.33. The van der Waals surface area contributed by atoms with E-state index in [0.717, 1.165) is 30.6 Å². The summed E-state index contributed by atoms with van der Waals surface area (Å²) < 4.78 is 0. The molecule has 0 spiro atoms. The number of hydrogen-bond donors (Lipinski definition) is 0. The minimum Gasteiger partial charge on any atom is -0.309 e. The van der Waals surface area contributed by atoms with Gasteiger partial charge < -0.3 is 9.80 Å². The first-order valence-electron chi connectivity index (χ1n) is 16.0. The number of benzene rings is 2. The van der Waals surface area contributed by atoms with Crippen LogP contribution in [0.25, 0.3) is 32.0 Å². The van der Waals surface area contributed by atoms with Crippen LogP contribution >= 0.6 is 22.7 Å². The summed E-state index contributed by atoms with van der Waals surface area (Å²) >= 11 is 3.67. The minimum atomic E-state index is -0.0389. The van der Waals surface area contributed by atoms with Crippen LogP contribution in [0.1, 0.15) is 74.1 Å². The second-order valence-electron chi connectivity index (χ2n) is 12.2. The SMILES string of the molecule is C=C(C)C(=O)N(CC)c1ccc(-c2scc(C3=C(c4c(C)sc(-c5ccc(N(CC)C(=O)C(=C)C)cc5)c4C)CCC3)c2C)cc1. The Morgan fingerprint density at radius 2 is 1.20 bits per heavy atom. The van der Waals surface area contributed by atoms with Crippen molar-refractivity contribution in [2.24, 2.45) is 0 Å². The Bertz CT molecular complexity index is 1850. The maximum absolute atomic E-state index is 12.6. The molecule has 46 heavy (non-hydrogen) atoms. The van der Waals surface area contributed by atoms with Crippen molar-refractivity contribution in [3.05, 3.63) is 105 Å². The summed E-state index contributed by atoms with van der Waals surface area (Å²) in [5.74, 6) is -0.0774. The van der Waals surface area contributed by atoms with Crippen molar-refractivity contribution < 1.29 is 9.59 Å². The number of hydrogen-bond acceptors (Lipinski definition) is 4. The zero-order valence-corrected chi connectivity index (χ0v) is 29.8. The van der Waals surface area contributed by atoms with Crippen LogP contribution in [-0.2, 0) is 9.59 Å². The minimum absolute atomic E-state index is 0.0384. The fraction of sp³-hybridized carbons (Fsp3) is 0.300. The van der Waals surface area contributed by atoms with Crippen molar-refractivity contribution in [1.29, 1.82) is 0 Å². The third-order valence-corrected chi connectivity index (χ3v) is 11.3. The molecular weight excluding hydrogens is 605 g/mol. The van der Waals surface area contributed by atoms with Gasteiger partial charge in [0.2, 0.25) is 0 Å². The molecule has 0 radical (unpaired) electrons. The molecule has 2 aromatic heterocycles. The normalized spacial score (nSPS) is 12.8. The standard InChI is InChI=1S/C40H44N2O2S2/c1-10-41(39(43)24(3)4)31-19-15-29(16-20-31)37-26(7)35(23-45-37)33-13-12-14-34(33)36-27(8)38(46-28(36)9)30-17-21-32(22-18-30)42(11-2)40(44)25(5)6/h15-23H,3,5,10-14H2,1-2,4,6-9H3. The van der Waals surface area contributed by atoms with Gasteiger partial charge in [-0.1, -0.05) is 37.4 Å². The lowest BCUT2D eigenvalue weighted by Crippen LogP contribution is -2.30. The van der Waals surface area contributed by atoms with Gasteiger partial charge in [-0.3, -0.25) is 9.59 Å². The molecule has 0 fully saturated rings. The van der Waals surface area contributed by atoms with Crippen molar-refractivity contribution in [2.75, 3.05) is 22.9 Å². The predicted octanol–water partition coefficient (Wildman–Crippen LogP) is 11.0. The maximum atomic E-state index is 12.6. The Balaban J connectivity index is 1.46. The first-order chi connectivity index (χ1) is 22.0. The lowest BCUT2D eigenvalue weighted by molar-refractivity contribution is -0.115. The van der Waals surface area contributed by atoms with Gasteiger partial charge in [0, 0.05) is 50.2 Å². The zero-order valence-electron chi connectivity index (χ0n) is 28.2. The summed E-state index contributed by atoms with van der Waals surface area (Å²) in [4.78, 5) is 32.7. The largest absolute Gasteiger partial charge is 0.309 e. The molecule has 1 aliphatic rings. The van der Waals surface area contributed by atoms with Crippen LogP contribution in [0.3, 0.4) is 0 Å². The average Bonchev–Trinajstić information content (AvgIpc) is 3.74. The lowest BCUT2D eigenvalue weighted by Gasteiger charge is -2.21. The van der Waals surface area contributed by atoms with Gasteiger partial charge in [-0.15, -0.1) is 22.7 Å². The average molecular weight is 649 g/mol. The van der Waals surface area contributed by atoms with E-state index < -0.39 is 0 Å². The molecule has 0 bridgehead atoms. The van der Waals surface area contributed by atoms with Crippen LogP contribution in [0.5, 0.6) is 0 Å². The van der Waals surface area contributed by atoms with E-state index in [1.54, 1.807) is 35.0 Å². The number of rotatable bonds is 10. The number of thiophene rings is 2. The third kappa shape index (κ3) is 6.21. The van der Waals surface area contributed by atoms with Crippen molar-refractivity contribution in [3.8, 4) is 20.9 Å². The summed E-state index contributed by atoms with van der Waals surface area (Å²) in [6, 6.07) is 16.7. The first kappa shape index (κ1) is 33.4. The number of aryl methyl sites for hydroxylation is 1. The highest BCUT2D eigenvalue weighted by molar-refractivity contribution is 7.16. The smallest absolute Gasteiger partial charge is 0.253 e. The molecule has 2 amide bonds. The molecule has 5 rings (SSSR count). The van der Waals surface area contributed by atoms with Crippen LogP contribution < -0.4 is 9.80 Å². The summed E-state index contributed by atoms with van der Waals surface area (Å²) in [5.41, 5.74) is 13.6. The summed E-state index contributed by atoms with van der Waals surface area (Å²) in [6.45, 7) is 23.1. The Labute approximate surface area is 282 Å². The van der Waals surface area contributed by atoms with E-state index in [0.29, 0.717) is 24.2 Å². The van der Waals surface area contributed by atoms with Crippen LogP contribution in [-0.4, -0.2) is 24.9 Å². The number of anilines is 2. The molecule has 0 aliphatic heterocycles. The van der Waals surface area contributed by atoms with E-state index in [1.807, 2.05) is 37.3 Å². The molecule has 0 saturated carbocycles. The quantitative estimate of drug-likeness (QED) is 0.161. The highest BCUT2D eigenvalue weighted by atomic mass is 32.1. The Hall–Kier alpha value is -4.00. The number of allylic oxidation sites excluding steroid dienone is 2. The van der Waals surface area contributed by atoms with Gasteiger partial charge in [0.25, 0.3) is 11.8 Å². The van der Waals surface area contributed by atoms with E-state index in [4.69, 9.17) is 0 Å². The van der Waals surface area contributed by atoms with Crippen LogP contribution in [0, 0.1) is 20.8 Å². The van der Waals surface area contributed by atoms with Crippen molar-refractivity contribution in [2.45, 2.75) is 67.7 Å². The lowest BCUT2D eigenvalue weighted by atomic mass is 9.92. The van der Waals surface area contributed by atoms with Gasteiger partial charge in [-0.05, 0) is 142 Å². The van der Waals surface area contributed by atoms with Gasteiger partial charge in [0.1, 0.15) is 0 Å². The summed E-state index contributed by atoms with van der Waals surface area (Å²) in [5, 5.41) is 2.34. The highest BCUT2D eigenvalue weighted by Gasteiger charge is 2.26. The number of amides is 2. The summed E-state index contributed by atoms with van der Waals surface area (Å²) in [7, 11) is 0. The Morgan fingerprint density at radius 1 is 0.717 bits per heavy atom. The second kappa shape index (κ2) is 13.8. The predicted molar refractivity (Wildman–Crippen MR) is 200 cm³/mol. The monoisotopic (exact) mass is 648 g/mol. The van der Waals surface area contributed by atoms with E-state index in [2.05, 4.69) is 75.7 Å². The van der Waals surface area contributed by atoms with Gasteiger partial charge in [0.15, 0.2) is 0 Å².